The molecule has 150 valence electrons. The molecule has 2 aromatic heterocycles. The van der Waals surface area contributed by atoms with Gasteiger partial charge in [-0.05, 0) is 30.7 Å². The van der Waals surface area contributed by atoms with Crippen LogP contribution in [0.1, 0.15) is 6.42 Å². The number of para-hydroxylation sites is 2. The first-order valence-corrected chi connectivity index (χ1v) is 9.83. The van der Waals surface area contributed by atoms with Crippen LogP contribution in [0.2, 0.25) is 0 Å². The van der Waals surface area contributed by atoms with Crippen molar-refractivity contribution in [1.82, 2.24) is 19.8 Å². The standard InChI is InChI=1S/C22H20N6O2/c29-21-15-30-18-10-5-4-9-17(18)27(21)14-6-13-23-19-11-12-20-24-25-22(28(20)26-19)16-7-2-1-3-8-16/h1-5,7-12H,6,13-15H2,(H,23,26). The summed E-state index contributed by atoms with van der Waals surface area (Å²) in [6, 6.07) is 21.2. The Bertz CT molecular complexity index is 1190. The Balaban J connectivity index is 1.26. The van der Waals surface area contributed by atoms with Crippen molar-refractivity contribution in [3.8, 4) is 17.1 Å². The second-order valence-corrected chi connectivity index (χ2v) is 6.96. The third-order valence-corrected chi connectivity index (χ3v) is 4.97. The van der Waals surface area contributed by atoms with Crippen LogP contribution in [0.25, 0.3) is 17.0 Å². The van der Waals surface area contributed by atoms with Crippen LogP contribution in [0.4, 0.5) is 11.5 Å². The number of benzene rings is 2. The highest BCUT2D eigenvalue weighted by atomic mass is 16.5. The molecule has 0 spiro atoms. The molecule has 0 saturated carbocycles. The third kappa shape index (κ3) is 3.43. The lowest BCUT2D eigenvalue weighted by atomic mass is 10.2. The number of carbonyl (C=O) groups excluding carboxylic acids is 1. The quantitative estimate of drug-likeness (QED) is 0.501. The molecule has 1 amide bonds. The van der Waals surface area contributed by atoms with Gasteiger partial charge < -0.3 is 15.0 Å². The highest BCUT2D eigenvalue weighted by molar-refractivity contribution is 5.97. The van der Waals surface area contributed by atoms with Crippen LogP contribution in [0, 0.1) is 0 Å². The van der Waals surface area contributed by atoms with E-state index in [-0.39, 0.29) is 12.5 Å². The average molecular weight is 400 g/mol. The fourth-order valence-electron chi connectivity index (χ4n) is 3.50. The van der Waals surface area contributed by atoms with Gasteiger partial charge >= 0.3 is 0 Å². The molecule has 0 saturated heterocycles. The Morgan fingerprint density at radius 2 is 1.80 bits per heavy atom. The number of amides is 1. The average Bonchev–Trinajstić information content (AvgIpc) is 3.22. The van der Waals surface area contributed by atoms with E-state index in [0.29, 0.717) is 24.6 Å². The number of carbonyl (C=O) groups is 1. The number of fused-ring (bicyclic) bond motifs is 2. The van der Waals surface area contributed by atoms with Crippen molar-refractivity contribution < 1.29 is 9.53 Å². The van der Waals surface area contributed by atoms with Gasteiger partial charge in [-0.25, -0.2) is 0 Å². The molecule has 0 fully saturated rings. The predicted molar refractivity (Wildman–Crippen MR) is 114 cm³/mol. The lowest BCUT2D eigenvalue weighted by Crippen LogP contribution is -2.39. The van der Waals surface area contributed by atoms with E-state index in [0.717, 1.165) is 29.2 Å². The van der Waals surface area contributed by atoms with Crippen LogP contribution in [0.5, 0.6) is 5.75 Å². The molecule has 5 rings (SSSR count). The molecule has 0 aliphatic carbocycles. The number of hydrogen-bond donors (Lipinski definition) is 1. The van der Waals surface area contributed by atoms with Crippen LogP contribution in [-0.2, 0) is 4.79 Å². The largest absolute Gasteiger partial charge is 0.482 e. The molecular formula is C22H20N6O2. The van der Waals surface area contributed by atoms with Crippen LogP contribution in [-0.4, -0.2) is 45.4 Å². The number of anilines is 2. The van der Waals surface area contributed by atoms with Crippen molar-refractivity contribution in [3.63, 3.8) is 0 Å². The van der Waals surface area contributed by atoms with Gasteiger partial charge in [-0.1, -0.05) is 42.5 Å². The first-order valence-electron chi connectivity index (χ1n) is 9.83. The van der Waals surface area contributed by atoms with Gasteiger partial charge in [0.1, 0.15) is 11.6 Å². The van der Waals surface area contributed by atoms with Gasteiger partial charge in [0.15, 0.2) is 18.1 Å². The Kier molecular flexibility index (Phi) is 4.72. The molecule has 1 N–H and O–H groups in total. The molecule has 4 aromatic rings. The van der Waals surface area contributed by atoms with Gasteiger partial charge in [0.05, 0.1) is 5.69 Å². The molecule has 2 aromatic carbocycles. The van der Waals surface area contributed by atoms with E-state index in [1.165, 1.54) is 0 Å². The zero-order valence-electron chi connectivity index (χ0n) is 16.2. The van der Waals surface area contributed by atoms with Crippen LogP contribution in [0.15, 0.2) is 66.7 Å². The topological polar surface area (TPSA) is 84.6 Å². The number of ether oxygens (including phenoxy) is 1. The van der Waals surface area contributed by atoms with Gasteiger partial charge in [0.2, 0.25) is 0 Å². The van der Waals surface area contributed by atoms with Crippen molar-refractivity contribution in [2.75, 3.05) is 29.9 Å². The zero-order valence-corrected chi connectivity index (χ0v) is 16.2. The SMILES string of the molecule is O=C1COc2ccccc2N1CCCNc1ccc2nnc(-c3ccccc3)n2n1. The summed E-state index contributed by atoms with van der Waals surface area (Å²) in [6.07, 6.45) is 0.771. The molecule has 0 atom stereocenters. The molecule has 0 unspecified atom stereocenters. The van der Waals surface area contributed by atoms with E-state index in [1.807, 2.05) is 66.7 Å². The number of nitrogens with one attached hydrogen (secondary N) is 1. The summed E-state index contributed by atoms with van der Waals surface area (Å²) in [4.78, 5) is 14.0. The van der Waals surface area contributed by atoms with Crippen molar-refractivity contribution in [1.29, 1.82) is 0 Å². The molecule has 1 aliphatic heterocycles. The molecule has 3 heterocycles. The highest BCUT2D eigenvalue weighted by Gasteiger charge is 2.24. The summed E-state index contributed by atoms with van der Waals surface area (Å²) in [5.74, 6) is 2.15. The summed E-state index contributed by atoms with van der Waals surface area (Å²) >= 11 is 0. The maximum absolute atomic E-state index is 12.3. The third-order valence-electron chi connectivity index (χ3n) is 4.97. The molecule has 30 heavy (non-hydrogen) atoms. The maximum Gasteiger partial charge on any atom is 0.265 e. The fourth-order valence-corrected chi connectivity index (χ4v) is 3.50. The Morgan fingerprint density at radius 3 is 2.70 bits per heavy atom. The van der Waals surface area contributed by atoms with E-state index in [2.05, 4.69) is 20.6 Å². The zero-order chi connectivity index (χ0) is 20.3. The van der Waals surface area contributed by atoms with Crippen molar-refractivity contribution in [2.45, 2.75) is 6.42 Å². The summed E-state index contributed by atoms with van der Waals surface area (Å²) < 4.78 is 7.23. The van der Waals surface area contributed by atoms with Gasteiger partial charge in [-0.3, -0.25) is 4.79 Å². The summed E-state index contributed by atoms with van der Waals surface area (Å²) in [6.45, 7) is 1.36. The maximum atomic E-state index is 12.3. The first kappa shape index (κ1) is 18.1. The predicted octanol–water partition coefficient (Wildman–Crippen LogP) is 3.02. The van der Waals surface area contributed by atoms with Gasteiger partial charge in [0.25, 0.3) is 5.91 Å². The second kappa shape index (κ2) is 7.82. The Labute approximate surface area is 173 Å². The summed E-state index contributed by atoms with van der Waals surface area (Å²) in [5, 5.41) is 16.4. The summed E-state index contributed by atoms with van der Waals surface area (Å²) in [5.41, 5.74) is 2.47. The van der Waals surface area contributed by atoms with E-state index in [9.17, 15) is 4.79 Å². The van der Waals surface area contributed by atoms with Gasteiger partial charge in [-0.2, -0.15) is 4.52 Å². The normalized spacial score (nSPS) is 13.2. The minimum absolute atomic E-state index is 0.0229. The highest BCUT2D eigenvalue weighted by Crippen LogP contribution is 2.31. The number of nitrogens with zero attached hydrogens (tertiary/aromatic N) is 5. The molecular weight excluding hydrogens is 380 g/mol. The number of aromatic nitrogens is 4. The number of rotatable bonds is 6. The first-order chi connectivity index (χ1) is 14.8. The minimum Gasteiger partial charge on any atom is -0.482 e. The van der Waals surface area contributed by atoms with Crippen LogP contribution in [0.3, 0.4) is 0 Å². The monoisotopic (exact) mass is 400 g/mol. The van der Waals surface area contributed by atoms with Crippen molar-refractivity contribution >= 4 is 23.1 Å². The van der Waals surface area contributed by atoms with E-state index in [4.69, 9.17) is 4.74 Å². The Hall–Kier alpha value is -3.94. The van der Waals surface area contributed by atoms with Crippen molar-refractivity contribution in [2.24, 2.45) is 0 Å². The molecule has 8 heteroatoms. The van der Waals surface area contributed by atoms with Crippen LogP contribution < -0.4 is 15.0 Å². The Morgan fingerprint density at radius 1 is 0.967 bits per heavy atom. The van der Waals surface area contributed by atoms with E-state index >= 15 is 0 Å². The summed E-state index contributed by atoms with van der Waals surface area (Å²) in [7, 11) is 0. The van der Waals surface area contributed by atoms with Gasteiger partial charge in [-0.15, -0.1) is 15.3 Å². The molecule has 1 aliphatic rings. The smallest absolute Gasteiger partial charge is 0.265 e. The van der Waals surface area contributed by atoms with Crippen molar-refractivity contribution in [3.05, 3.63) is 66.7 Å². The molecule has 0 radical (unpaired) electrons. The molecule has 8 nitrogen and oxygen atoms in total. The lowest BCUT2D eigenvalue weighted by Gasteiger charge is -2.29. The van der Waals surface area contributed by atoms with Crippen LogP contribution >= 0.6 is 0 Å². The van der Waals surface area contributed by atoms with Gasteiger partial charge in [0, 0.05) is 18.7 Å². The van der Waals surface area contributed by atoms with E-state index < -0.39 is 0 Å². The molecule has 0 bridgehead atoms. The van der Waals surface area contributed by atoms with E-state index in [1.54, 1.807) is 9.42 Å². The fraction of sp³-hybridized carbons (Fsp3) is 0.182. The lowest BCUT2D eigenvalue weighted by molar-refractivity contribution is -0.121. The minimum atomic E-state index is -0.0229. The number of hydrogen-bond acceptors (Lipinski definition) is 6. The second-order valence-electron chi connectivity index (χ2n) is 6.96.